The van der Waals surface area contributed by atoms with Gasteiger partial charge in [0, 0.05) is 105 Å². The predicted molar refractivity (Wildman–Crippen MR) is 128 cm³/mol. The van der Waals surface area contributed by atoms with Crippen molar-refractivity contribution in [3.8, 4) is 6.01 Å². The Bertz CT molecular complexity index is 563. The quantitative estimate of drug-likeness (QED) is 0.281. The third kappa shape index (κ3) is 8.96. The van der Waals surface area contributed by atoms with Gasteiger partial charge in [-0.1, -0.05) is 0 Å². The van der Waals surface area contributed by atoms with Gasteiger partial charge < -0.3 is 46.4 Å². The van der Waals surface area contributed by atoms with Gasteiger partial charge in [-0.05, 0) is 0 Å². The molecule has 1 aromatic rings. The molecule has 1 aromatic heterocycles. The monoisotopic (exact) mass is 451 g/mol. The van der Waals surface area contributed by atoms with E-state index in [1.165, 1.54) is 0 Å². The molecule has 2 aliphatic heterocycles. The maximum atomic E-state index is 5.46. The van der Waals surface area contributed by atoms with Crippen molar-refractivity contribution in [1.82, 2.24) is 46.9 Å². The van der Waals surface area contributed by atoms with Crippen molar-refractivity contribution >= 4 is 11.9 Å². The minimum atomic E-state index is 0.359. The molecule has 0 aliphatic carbocycles. The summed E-state index contributed by atoms with van der Waals surface area (Å²) >= 11 is 0. The molecule has 0 atom stereocenters. The summed E-state index contributed by atoms with van der Waals surface area (Å²) in [5.41, 5.74) is 0. The molecule has 2 fully saturated rings. The highest BCUT2D eigenvalue weighted by Gasteiger charge is 2.18. The summed E-state index contributed by atoms with van der Waals surface area (Å²) in [7, 11) is 1.61. The number of nitrogens with zero attached hydrogens (tertiary/aromatic N) is 5. The molecule has 0 aromatic carbocycles. The summed E-state index contributed by atoms with van der Waals surface area (Å²) in [6.45, 7) is 14.5. The zero-order valence-corrected chi connectivity index (χ0v) is 19.5. The minimum absolute atomic E-state index is 0.359. The lowest BCUT2D eigenvalue weighted by Gasteiger charge is -2.27. The summed E-state index contributed by atoms with van der Waals surface area (Å²) in [5, 5.41) is 20.8. The molecule has 3 heterocycles. The highest BCUT2D eigenvalue weighted by molar-refractivity contribution is 5.40. The van der Waals surface area contributed by atoms with Gasteiger partial charge in [-0.3, -0.25) is 0 Å². The summed E-state index contributed by atoms with van der Waals surface area (Å²) in [5.74, 6) is 1.34. The second kappa shape index (κ2) is 15.1. The zero-order chi connectivity index (χ0) is 22.3. The molecule has 0 spiro atoms. The van der Waals surface area contributed by atoms with Gasteiger partial charge in [0.1, 0.15) is 0 Å². The lowest BCUT2D eigenvalue weighted by molar-refractivity contribution is 0.377. The summed E-state index contributed by atoms with van der Waals surface area (Å²) in [6, 6.07) is 0.359. The van der Waals surface area contributed by atoms with Crippen molar-refractivity contribution < 1.29 is 4.74 Å². The Morgan fingerprint density at radius 2 is 0.812 bits per heavy atom. The first-order valence-corrected chi connectivity index (χ1v) is 11.9. The Morgan fingerprint density at radius 3 is 1.12 bits per heavy atom. The van der Waals surface area contributed by atoms with Crippen LogP contribution in [0.3, 0.4) is 0 Å². The number of nitrogens with one attached hydrogen (secondary N) is 6. The third-order valence-electron chi connectivity index (χ3n) is 5.49. The van der Waals surface area contributed by atoms with Crippen molar-refractivity contribution in [3.05, 3.63) is 0 Å². The largest absolute Gasteiger partial charge is 0.467 e. The number of hydrogen-bond donors (Lipinski definition) is 6. The fourth-order valence-corrected chi connectivity index (χ4v) is 3.65. The first-order valence-electron chi connectivity index (χ1n) is 11.9. The Hall–Kier alpha value is -1.83. The smallest absolute Gasteiger partial charge is 0.322 e. The Labute approximate surface area is 191 Å². The van der Waals surface area contributed by atoms with Gasteiger partial charge in [0.2, 0.25) is 11.9 Å². The summed E-state index contributed by atoms with van der Waals surface area (Å²) in [6.07, 6.45) is 0. The molecule has 2 saturated heterocycles. The number of methoxy groups -OCH3 is 1. The minimum Gasteiger partial charge on any atom is -0.467 e. The van der Waals surface area contributed by atoms with Crippen molar-refractivity contribution in [1.29, 1.82) is 0 Å². The number of ether oxygens (including phenoxy) is 1. The summed E-state index contributed by atoms with van der Waals surface area (Å²) in [4.78, 5) is 18.5. The molecule has 0 radical (unpaired) electrons. The summed E-state index contributed by atoms with van der Waals surface area (Å²) < 4.78 is 5.46. The molecule has 0 unspecified atom stereocenters. The average molecular weight is 452 g/mol. The third-order valence-corrected chi connectivity index (χ3v) is 5.49. The second-order valence-corrected chi connectivity index (χ2v) is 7.90. The molecule has 2 aliphatic rings. The first kappa shape index (κ1) is 24.8. The van der Waals surface area contributed by atoms with E-state index in [-0.39, 0.29) is 0 Å². The molecule has 32 heavy (non-hydrogen) atoms. The van der Waals surface area contributed by atoms with E-state index in [2.05, 4.69) is 51.7 Å². The van der Waals surface area contributed by atoms with Crippen LogP contribution < -0.4 is 46.4 Å². The number of hydrogen-bond acceptors (Lipinski definition) is 12. The SMILES string of the molecule is COc1nc(N2CCNCCNCCNCC2)nc(N2CCNCCNCCNCC2)n1. The van der Waals surface area contributed by atoms with Crippen LogP contribution >= 0.6 is 0 Å². The van der Waals surface area contributed by atoms with Gasteiger partial charge in [-0.15, -0.1) is 0 Å². The van der Waals surface area contributed by atoms with Crippen LogP contribution in [-0.4, -0.2) is 127 Å². The Balaban J connectivity index is 1.73. The fourth-order valence-electron chi connectivity index (χ4n) is 3.65. The van der Waals surface area contributed by atoms with Crippen LogP contribution in [-0.2, 0) is 0 Å². The molecule has 182 valence electrons. The van der Waals surface area contributed by atoms with Crippen LogP contribution in [0.25, 0.3) is 0 Å². The van der Waals surface area contributed by atoms with Crippen molar-refractivity contribution in [2.75, 3.05) is 122 Å². The average Bonchev–Trinajstić information content (AvgIpc) is 2.79. The number of rotatable bonds is 3. The van der Waals surface area contributed by atoms with E-state index < -0.39 is 0 Å². The van der Waals surface area contributed by atoms with E-state index in [9.17, 15) is 0 Å². The van der Waals surface area contributed by atoms with E-state index in [1.807, 2.05) is 0 Å². The molecular formula is C20H41N11O. The second-order valence-electron chi connectivity index (χ2n) is 7.90. The molecular weight excluding hydrogens is 410 g/mol. The zero-order valence-electron chi connectivity index (χ0n) is 19.5. The highest BCUT2D eigenvalue weighted by atomic mass is 16.5. The van der Waals surface area contributed by atoms with Crippen LogP contribution in [0.15, 0.2) is 0 Å². The Morgan fingerprint density at radius 1 is 0.500 bits per heavy atom. The van der Waals surface area contributed by atoms with E-state index in [4.69, 9.17) is 9.72 Å². The van der Waals surface area contributed by atoms with Gasteiger partial charge >= 0.3 is 6.01 Å². The maximum absolute atomic E-state index is 5.46. The van der Waals surface area contributed by atoms with Gasteiger partial charge in [-0.2, -0.15) is 15.0 Å². The van der Waals surface area contributed by atoms with E-state index in [1.54, 1.807) is 7.11 Å². The van der Waals surface area contributed by atoms with E-state index >= 15 is 0 Å². The van der Waals surface area contributed by atoms with Crippen LogP contribution in [0.5, 0.6) is 6.01 Å². The van der Waals surface area contributed by atoms with Crippen LogP contribution in [0.1, 0.15) is 0 Å². The van der Waals surface area contributed by atoms with Crippen molar-refractivity contribution in [2.24, 2.45) is 0 Å². The molecule has 0 amide bonds. The maximum Gasteiger partial charge on any atom is 0.322 e. The van der Waals surface area contributed by atoms with Crippen LogP contribution in [0.2, 0.25) is 0 Å². The lowest BCUT2D eigenvalue weighted by atomic mass is 10.4. The van der Waals surface area contributed by atoms with Crippen LogP contribution in [0, 0.1) is 0 Å². The molecule has 0 bridgehead atoms. The van der Waals surface area contributed by atoms with Gasteiger partial charge in [0.15, 0.2) is 0 Å². The van der Waals surface area contributed by atoms with Crippen LogP contribution in [0.4, 0.5) is 11.9 Å². The van der Waals surface area contributed by atoms with Gasteiger partial charge in [0.25, 0.3) is 0 Å². The highest BCUT2D eigenvalue weighted by Crippen LogP contribution is 2.17. The number of anilines is 2. The van der Waals surface area contributed by atoms with E-state index in [0.29, 0.717) is 17.9 Å². The predicted octanol–water partition coefficient (Wildman–Crippen LogP) is -2.94. The Kier molecular flexibility index (Phi) is 11.7. The topological polar surface area (TPSA) is 127 Å². The van der Waals surface area contributed by atoms with Crippen molar-refractivity contribution in [2.45, 2.75) is 0 Å². The lowest BCUT2D eigenvalue weighted by Crippen LogP contribution is -2.43. The molecule has 3 rings (SSSR count). The molecule has 6 N–H and O–H groups in total. The van der Waals surface area contributed by atoms with E-state index in [0.717, 1.165) is 105 Å². The van der Waals surface area contributed by atoms with Gasteiger partial charge in [-0.25, -0.2) is 0 Å². The first-order chi connectivity index (χ1) is 15.9. The fraction of sp³-hybridized carbons (Fsp3) is 0.850. The molecule has 0 saturated carbocycles. The van der Waals surface area contributed by atoms with Gasteiger partial charge in [0.05, 0.1) is 7.11 Å². The normalized spacial score (nSPS) is 21.5. The van der Waals surface area contributed by atoms with Crippen molar-refractivity contribution in [3.63, 3.8) is 0 Å². The molecule has 12 nitrogen and oxygen atoms in total. The number of aromatic nitrogens is 3. The molecule has 12 heteroatoms. The standard InChI is InChI=1S/C20H41N11O/c1-32-20-28-18(30-14-10-23-6-2-21-3-7-24-11-15-30)27-19(29-20)31-16-12-25-8-4-22-5-9-26-13-17-31/h21-26H,2-17H2,1H3.